The Morgan fingerprint density at radius 2 is 1.81 bits per heavy atom. The first-order valence-electron chi connectivity index (χ1n) is 11.1. The van der Waals surface area contributed by atoms with Crippen LogP contribution in [-0.4, -0.2) is 50.8 Å². The monoisotopic (exact) mass is 527 g/mol. The summed E-state index contributed by atoms with van der Waals surface area (Å²) in [6.45, 7) is -0.708. The number of carbonyl (C=O) groups excluding carboxylic acids is 1. The number of aromatic nitrogens is 3. The molecule has 1 saturated carbocycles. The zero-order chi connectivity index (χ0) is 25.7. The molecule has 2 fully saturated rings. The molecule has 1 aliphatic carbocycles. The minimum atomic E-state index is -4.63. The quantitative estimate of drug-likeness (QED) is 0.423. The molecule has 1 atom stereocenters. The van der Waals surface area contributed by atoms with Gasteiger partial charge in [0, 0.05) is 37.8 Å². The first kappa shape index (κ1) is 24.5. The highest BCUT2D eigenvalue weighted by atomic mass is 32.1. The van der Waals surface area contributed by atoms with Crippen molar-refractivity contribution in [1.82, 2.24) is 19.9 Å². The predicted molar refractivity (Wildman–Crippen MR) is 119 cm³/mol. The van der Waals surface area contributed by atoms with Gasteiger partial charge in [0.15, 0.2) is 0 Å². The van der Waals surface area contributed by atoms with Crippen molar-refractivity contribution in [2.24, 2.45) is 0 Å². The van der Waals surface area contributed by atoms with Crippen molar-refractivity contribution < 1.29 is 31.1 Å². The van der Waals surface area contributed by atoms with Crippen molar-refractivity contribution in [1.29, 1.82) is 0 Å². The first-order valence-corrected chi connectivity index (χ1v) is 11.9. The lowest BCUT2D eigenvalue weighted by molar-refractivity contribution is -0.138. The average molecular weight is 527 g/mol. The zero-order valence-electron chi connectivity index (χ0n) is 18.5. The van der Waals surface area contributed by atoms with Crippen LogP contribution in [0.1, 0.15) is 46.2 Å². The molecule has 2 aliphatic rings. The maximum Gasteiger partial charge on any atom is 0.419 e. The number of likely N-dealkylation sites (tertiary alicyclic amines) is 1. The van der Waals surface area contributed by atoms with Crippen molar-refractivity contribution in [2.75, 3.05) is 18.4 Å². The molecule has 3 aromatic rings. The van der Waals surface area contributed by atoms with Gasteiger partial charge in [-0.15, -0.1) is 11.3 Å². The van der Waals surface area contributed by atoms with E-state index in [1.165, 1.54) is 35.6 Å². The minimum absolute atomic E-state index is 0.0296. The van der Waals surface area contributed by atoms with E-state index in [1.54, 1.807) is 0 Å². The highest BCUT2D eigenvalue weighted by Gasteiger charge is 2.51. The molecule has 3 heterocycles. The summed E-state index contributed by atoms with van der Waals surface area (Å²) in [5, 5.41) is 3.25. The molecule has 0 radical (unpaired) electrons. The number of nitrogens with zero attached hydrogens (tertiary/aromatic N) is 4. The number of anilines is 1. The maximum absolute atomic E-state index is 14.8. The Hall–Kier alpha value is -3.22. The molecule has 0 unspecified atom stereocenters. The van der Waals surface area contributed by atoms with Crippen molar-refractivity contribution >= 4 is 23.2 Å². The number of amides is 1. The van der Waals surface area contributed by atoms with Crippen LogP contribution < -0.4 is 5.32 Å². The number of carbonyl (C=O) groups is 1. The summed E-state index contributed by atoms with van der Waals surface area (Å²) in [6.07, 6.45) is -2.26. The lowest BCUT2D eigenvalue weighted by Crippen LogP contribution is -2.47. The van der Waals surface area contributed by atoms with Crippen molar-refractivity contribution in [3.63, 3.8) is 0 Å². The van der Waals surface area contributed by atoms with Gasteiger partial charge in [-0.25, -0.2) is 28.1 Å². The third kappa shape index (κ3) is 4.88. The molecule has 6 nitrogen and oxygen atoms in total. The third-order valence-corrected chi connectivity index (χ3v) is 7.39. The second kappa shape index (κ2) is 9.02. The number of alkyl halides is 5. The van der Waals surface area contributed by atoms with Gasteiger partial charge in [0.2, 0.25) is 5.95 Å². The molecule has 1 saturated heterocycles. The summed E-state index contributed by atoms with van der Waals surface area (Å²) in [6, 6.07) is 3.93. The van der Waals surface area contributed by atoms with Crippen LogP contribution in [0.3, 0.4) is 0 Å². The summed E-state index contributed by atoms with van der Waals surface area (Å²) in [7, 11) is 0. The Bertz CT molecular complexity index is 1260. The van der Waals surface area contributed by atoms with Gasteiger partial charge in [-0.3, -0.25) is 4.79 Å². The Morgan fingerprint density at radius 3 is 2.42 bits per heavy atom. The fourth-order valence-corrected chi connectivity index (χ4v) is 5.23. The fraction of sp³-hybridized carbons (Fsp3) is 0.391. The van der Waals surface area contributed by atoms with E-state index >= 15 is 0 Å². The predicted octanol–water partition coefficient (Wildman–Crippen LogP) is 5.60. The molecule has 5 rings (SSSR count). The standard InChI is InChI=1S/C23H19F6N5OS/c24-15-5-3-12(4-6-15)18-17(33-19(36-18)13-1-2-13)20(35)34-8-7-22(25,26)16(34)11-32-21-30-9-14(10-31-21)23(27,28)29/h3-6,9-10,13,16H,1-2,7-8,11H2,(H,30,31,32)/t16-/m1/s1. The van der Waals surface area contributed by atoms with Crippen LogP contribution in [-0.2, 0) is 6.18 Å². The second-order valence-corrected chi connectivity index (χ2v) is 9.74. The molecule has 36 heavy (non-hydrogen) atoms. The third-order valence-electron chi connectivity index (χ3n) is 6.12. The maximum atomic E-state index is 14.8. The SMILES string of the molecule is O=C(c1nc(C2CC2)sc1-c1ccc(F)cc1)N1CCC(F)(F)[C@H]1CNc1ncc(C(F)(F)F)cn1. The largest absolute Gasteiger partial charge is 0.419 e. The number of hydrogen-bond donors (Lipinski definition) is 1. The summed E-state index contributed by atoms with van der Waals surface area (Å²) >= 11 is 1.29. The molecule has 1 aromatic carbocycles. The van der Waals surface area contributed by atoms with Crippen molar-refractivity contribution in [3.05, 3.63) is 58.7 Å². The molecule has 1 N–H and O–H groups in total. The minimum Gasteiger partial charge on any atom is -0.352 e. The first-order chi connectivity index (χ1) is 17.0. The van der Waals surface area contributed by atoms with E-state index in [4.69, 9.17) is 0 Å². The molecular weight excluding hydrogens is 508 g/mol. The van der Waals surface area contributed by atoms with Crippen LogP contribution >= 0.6 is 11.3 Å². The Kier molecular flexibility index (Phi) is 6.13. The van der Waals surface area contributed by atoms with Crippen molar-refractivity contribution in [2.45, 2.75) is 43.3 Å². The molecule has 13 heteroatoms. The van der Waals surface area contributed by atoms with Crippen LogP contribution in [0.15, 0.2) is 36.7 Å². The van der Waals surface area contributed by atoms with Crippen LogP contribution in [0.25, 0.3) is 10.4 Å². The van der Waals surface area contributed by atoms with Crippen LogP contribution in [0.4, 0.5) is 32.3 Å². The molecule has 1 aliphatic heterocycles. The van der Waals surface area contributed by atoms with Gasteiger partial charge in [-0.1, -0.05) is 12.1 Å². The van der Waals surface area contributed by atoms with Gasteiger partial charge in [0.05, 0.1) is 15.4 Å². The van der Waals surface area contributed by atoms with E-state index in [1.807, 2.05) is 0 Å². The number of rotatable bonds is 6. The fourth-order valence-electron chi connectivity index (χ4n) is 4.00. The summed E-state index contributed by atoms with van der Waals surface area (Å²) in [4.78, 5) is 26.6. The number of thiazole rings is 1. The Balaban J connectivity index is 1.39. The van der Waals surface area contributed by atoms with Crippen LogP contribution in [0.2, 0.25) is 0 Å². The van der Waals surface area contributed by atoms with Crippen LogP contribution in [0, 0.1) is 5.82 Å². The smallest absolute Gasteiger partial charge is 0.352 e. The van der Waals surface area contributed by atoms with Gasteiger partial charge in [-0.2, -0.15) is 13.2 Å². The number of benzene rings is 1. The summed E-state index contributed by atoms with van der Waals surface area (Å²) in [5.74, 6) is -4.44. The zero-order valence-corrected chi connectivity index (χ0v) is 19.3. The second-order valence-electron chi connectivity index (χ2n) is 8.71. The van der Waals surface area contributed by atoms with Crippen LogP contribution in [0.5, 0.6) is 0 Å². The highest BCUT2D eigenvalue weighted by molar-refractivity contribution is 7.15. The topological polar surface area (TPSA) is 71.0 Å². The lowest BCUT2D eigenvalue weighted by Gasteiger charge is -2.27. The normalized spacial score (nSPS) is 19.5. The van der Waals surface area contributed by atoms with Gasteiger partial charge >= 0.3 is 6.18 Å². The van der Waals surface area contributed by atoms with Crippen molar-refractivity contribution in [3.8, 4) is 10.4 Å². The lowest BCUT2D eigenvalue weighted by atomic mass is 10.1. The molecule has 1 amide bonds. The van der Waals surface area contributed by atoms with E-state index in [0.29, 0.717) is 22.8 Å². The summed E-state index contributed by atoms with van der Waals surface area (Å²) < 4.78 is 81.2. The van der Waals surface area contributed by atoms with Gasteiger partial charge < -0.3 is 10.2 Å². The van der Waals surface area contributed by atoms with Gasteiger partial charge in [-0.05, 0) is 30.5 Å². The number of nitrogens with one attached hydrogen (secondary N) is 1. The van der Waals surface area contributed by atoms with Gasteiger partial charge in [0.25, 0.3) is 11.8 Å². The molecule has 0 spiro atoms. The van der Waals surface area contributed by atoms with E-state index in [-0.39, 0.29) is 24.1 Å². The highest BCUT2D eigenvalue weighted by Crippen LogP contribution is 2.45. The Labute approximate surface area is 205 Å². The molecule has 0 bridgehead atoms. The molecule has 2 aromatic heterocycles. The van der Waals surface area contributed by atoms with E-state index in [0.717, 1.165) is 22.7 Å². The average Bonchev–Trinajstić information content (AvgIpc) is 3.51. The van der Waals surface area contributed by atoms with E-state index < -0.39 is 48.4 Å². The molecular formula is C23H19F6N5OS. The van der Waals surface area contributed by atoms with Gasteiger partial charge in [0.1, 0.15) is 17.6 Å². The summed E-state index contributed by atoms with van der Waals surface area (Å²) in [5.41, 5.74) is -0.482. The number of halogens is 6. The Morgan fingerprint density at radius 1 is 1.14 bits per heavy atom. The number of hydrogen-bond acceptors (Lipinski definition) is 6. The van der Waals surface area contributed by atoms with E-state index in [9.17, 15) is 31.1 Å². The van der Waals surface area contributed by atoms with E-state index in [2.05, 4.69) is 20.3 Å². The molecule has 190 valence electrons.